The van der Waals surface area contributed by atoms with Crippen molar-refractivity contribution >= 4 is 10.4 Å². The van der Waals surface area contributed by atoms with E-state index in [0.717, 1.165) is 12.8 Å². The van der Waals surface area contributed by atoms with Crippen molar-refractivity contribution in [1.82, 2.24) is 4.90 Å². The van der Waals surface area contributed by atoms with E-state index in [9.17, 15) is 8.42 Å². The van der Waals surface area contributed by atoms with Gasteiger partial charge in [-0.15, -0.1) is 0 Å². The molecule has 0 bridgehead atoms. The largest absolute Gasteiger partial charge is 0.398 e. The summed E-state index contributed by atoms with van der Waals surface area (Å²) in [5, 5.41) is 0. The highest BCUT2D eigenvalue weighted by molar-refractivity contribution is 7.80. The zero-order valence-corrected chi connectivity index (χ0v) is 9.04. The Morgan fingerprint density at radius 3 is 2.31 bits per heavy atom. The predicted octanol–water partition coefficient (Wildman–Crippen LogP) is 0.884. The van der Waals surface area contributed by atoms with Crippen LogP contribution in [0.25, 0.3) is 0 Å². The molecule has 0 aromatic rings. The summed E-state index contributed by atoms with van der Waals surface area (Å²) in [4.78, 5) is 1.61. The van der Waals surface area contributed by atoms with Crippen molar-refractivity contribution in [1.29, 1.82) is 0 Å². The van der Waals surface area contributed by atoms with Gasteiger partial charge in [0.1, 0.15) is 6.23 Å². The third kappa shape index (κ3) is 6.94. The van der Waals surface area contributed by atoms with Gasteiger partial charge in [-0.05, 0) is 26.9 Å². The van der Waals surface area contributed by atoms with Gasteiger partial charge >= 0.3 is 10.4 Å². The van der Waals surface area contributed by atoms with E-state index in [1.807, 2.05) is 6.92 Å². The summed E-state index contributed by atoms with van der Waals surface area (Å²) in [6, 6.07) is 0. The van der Waals surface area contributed by atoms with Gasteiger partial charge in [0.2, 0.25) is 0 Å². The standard InChI is InChI=1S/C7H17NO4S/c1-4-5-6-7(8(2)3)12-13(9,10)11/h7H,4-6H2,1-3H3,(H,9,10,11). The summed E-state index contributed by atoms with van der Waals surface area (Å²) in [5.41, 5.74) is 0. The van der Waals surface area contributed by atoms with Gasteiger partial charge in [0.05, 0.1) is 0 Å². The fourth-order valence-corrected chi connectivity index (χ4v) is 1.46. The van der Waals surface area contributed by atoms with Crippen LogP contribution in [0.4, 0.5) is 0 Å². The first-order valence-corrected chi connectivity index (χ1v) is 5.55. The minimum atomic E-state index is -4.34. The fraction of sp³-hybridized carbons (Fsp3) is 1.00. The van der Waals surface area contributed by atoms with E-state index in [2.05, 4.69) is 4.18 Å². The summed E-state index contributed by atoms with van der Waals surface area (Å²) < 4.78 is 33.7. The number of unbranched alkanes of at least 4 members (excludes halogenated alkanes) is 1. The third-order valence-corrected chi connectivity index (χ3v) is 2.08. The van der Waals surface area contributed by atoms with Gasteiger partial charge in [-0.3, -0.25) is 9.45 Å². The minimum Gasteiger partial charge on any atom is -0.283 e. The maximum absolute atomic E-state index is 10.4. The van der Waals surface area contributed by atoms with Crippen LogP contribution < -0.4 is 0 Å². The van der Waals surface area contributed by atoms with Crippen LogP contribution in [0.3, 0.4) is 0 Å². The molecule has 0 aliphatic carbocycles. The molecular weight excluding hydrogens is 194 g/mol. The molecule has 0 spiro atoms. The first-order valence-electron chi connectivity index (χ1n) is 4.19. The molecule has 0 fully saturated rings. The van der Waals surface area contributed by atoms with E-state index in [0.29, 0.717) is 6.42 Å². The lowest BCUT2D eigenvalue weighted by molar-refractivity contribution is 0.0498. The molecule has 0 radical (unpaired) electrons. The molecule has 0 saturated heterocycles. The van der Waals surface area contributed by atoms with E-state index >= 15 is 0 Å². The van der Waals surface area contributed by atoms with Crippen LogP contribution in [-0.4, -0.2) is 38.2 Å². The highest BCUT2D eigenvalue weighted by Crippen LogP contribution is 2.09. The molecule has 80 valence electrons. The molecule has 0 rings (SSSR count). The van der Waals surface area contributed by atoms with Crippen molar-refractivity contribution in [2.75, 3.05) is 14.1 Å². The Labute approximate surface area is 79.6 Å². The molecule has 0 aromatic carbocycles. The summed E-state index contributed by atoms with van der Waals surface area (Å²) in [5.74, 6) is 0. The minimum absolute atomic E-state index is 0.574. The molecule has 13 heavy (non-hydrogen) atoms. The molecule has 1 unspecified atom stereocenters. The van der Waals surface area contributed by atoms with Crippen LogP contribution in [0.15, 0.2) is 0 Å². The Hall–Kier alpha value is -0.170. The molecule has 5 nitrogen and oxygen atoms in total. The molecule has 0 saturated carbocycles. The Morgan fingerprint density at radius 2 is 2.00 bits per heavy atom. The van der Waals surface area contributed by atoms with Crippen molar-refractivity contribution in [3.63, 3.8) is 0 Å². The molecule has 6 heteroatoms. The summed E-state index contributed by atoms with van der Waals surface area (Å²) in [7, 11) is -0.941. The smallest absolute Gasteiger partial charge is 0.283 e. The molecular formula is C7H17NO4S. The van der Waals surface area contributed by atoms with Crippen LogP contribution in [0.5, 0.6) is 0 Å². The summed E-state index contributed by atoms with van der Waals surface area (Å²) in [6.45, 7) is 2.00. The van der Waals surface area contributed by atoms with Crippen LogP contribution in [0.1, 0.15) is 26.2 Å². The quantitative estimate of drug-likeness (QED) is 0.522. The highest BCUT2D eigenvalue weighted by atomic mass is 32.3. The molecule has 0 heterocycles. The molecule has 0 amide bonds. The Morgan fingerprint density at radius 1 is 1.46 bits per heavy atom. The van der Waals surface area contributed by atoms with Crippen LogP contribution >= 0.6 is 0 Å². The van der Waals surface area contributed by atoms with Gasteiger partial charge in [-0.2, -0.15) is 8.42 Å². The van der Waals surface area contributed by atoms with Crippen molar-refractivity contribution in [2.45, 2.75) is 32.4 Å². The van der Waals surface area contributed by atoms with E-state index in [1.165, 1.54) is 0 Å². The Balaban J connectivity index is 4.11. The van der Waals surface area contributed by atoms with Crippen molar-refractivity contribution in [2.24, 2.45) is 0 Å². The summed E-state index contributed by atoms with van der Waals surface area (Å²) in [6.07, 6.45) is 1.83. The monoisotopic (exact) mass is 211 g/mol. The SMILES string of the molecule is CCCCC(OS(=O)(=O)O)N(C)C. The molecule has 1 N–H and O–H groups in total. The van der Waals surface area contributed by atoms with E-state index in [4.69, 9.17) is 4.55 Å². The van der Waals surface area contributed by atoms with Gasteiger partial charge in [0.15, 0.2) is 0 Å². The second kappa shape index (κ2) is 5.54. The van der Waals surface area contributed by atoms with Crippen molar-refractivity contribution < 1.29 is 17.2 Å². The van der Waals surface area contributed by atoms with Gasteiger partial charge < -0.3 is 0 Å². The Kier molecular flexibility index (Phi) is 5.46. The first kappa shape index (κ1) is 12.8. The van der Waals surface area contributed by atoms with Gasteiger partial charge in [0.25, 0.3) is 0 Å². The molecule has 0 aliphatic rings. The van der Waals surface area contributed by atoms with Gasteiger partial charge in [-0.1, -0.05) is 13.3 Å². The normalized spacial score (nSPS) is 14.8. The van der Waals surface area contributed by atoms with Crippen LogP contribution in [0.2, 0.25) is 0 Å². The Bertz CT molecular complexity index is 225. The van der Waals surface area contributed by atoms with Crippen molar-refractivity contribution in [3.05, 3.63) is 0 Å². The van der Waals surface area contributed by atoms with Gasteiger partial charge in [-0.25, -0.2) is 4.18 Å². The van der Waals surface area contributed by atoms with Crippen molar-refractivity contribution in [3.8, 4) is 0 Å². The lowest BCUT2D eigenvalue weighted by Crippen LogP contribution is -2.32. The topological polar surface area (TPSA) is 66.8 Å². The molecule has 0 aliphatic heterocycles. The second-order valence-electron chi connectivity index (χ2n) is 3.08. The zero-order chi connectivity index (χ0) is 10.5. The van der Waals surface area contributed by atoms with E-state index in [1.54, 1.807) is 19.0 Å². The lowest BCUT2D eigenvalue weighted by Gasteiger charge is -2.21. The predicted molar refractivity (Wildman–Crippen MR) is 49.6 cm³/mol. The molecule has 0 aromatic heterocycles. The average molecular weight is 211 g/mol. The highest BCUT2D eigenvalue weighted by Gasteiger charge is 2.18. The second-order valence-corrected chi connectivity index (χ2v) is 4.13. The number of hydrogen-bond acceptors (Lipinski definition) is 4. The zero-order valence-electron chi connectivity index (χ0n) is 8.23. The van der Waals surface area contributed by atoms with E-state index in [-0.39, 0.29) is 0 Å². The van der Waals surface area contributed by atoms with E-state index < -0.39 is 16.6 Å². The fourth-order valence-electron chi connectivity index (χ4n) is 0.911. The van der Waals surface area contributed by atoms with Crippen LogP contribution in [-0.2, 0) is 14.6 Å². The lowest BCUT2D eigenvalue weighted by atomic mass is 10.2. The summed E-state index contributed by atoms with van der Waals surface area (Å²) >= 11 is 0. The van der Waals surface area contributed by atoms with Gasteiger partial charge in [0, 0.05) is 0 Å². The number of nitrogens with zero attached hydrogens (tertiary/aromatic N) is 1. The number of rotatable bonds is 6. The number of hydrogen-bond donors (Lipinski definition) is 1. The maximum atomic E-state index is 10.4. The maximum Gasteiger partial charge on any atom is 0.398 e. The third-order valence-electron chi connectivity index (χ3n) is 1.61. The molecule has 1 atom stereocenters. The first-order chi connectivity index (χ1) is 5.87. The van der Waals surface area contributed by atoms with Crippen LogP contribution in [0, 0.1) is 0 Å². The average Bonchev–Trinajstić information content (AvgIpc) is 1.95.